The third kappa shape index (κ3) is 3.80. The summed E-state index contributed by atoms with van der Waals surface area (Å²) in [6.45, 7) is 1.88. The van der Waals surface area contributed by atoms with Crippen LogP contribution in [0.15, 0.2) is 46.9 Å². The predicted molar refractivity (Wildman–Crippen MR) is 94.8 cm³/mol. The van der Waals surface area contributed by atoms with Gasteiger partial charge < -0.3 is 5.32 Å². The zero-order chi connectivity index (χ0) is 17.1. The largest absolute Gasteiger partial charge is 0.324 e. The molecule has 0 atom stereocenters. The molecule has 1 aliphatic heterocycles. The molecule has 2 aromatic carbocycles. The maximum Gasteiger partial charge on any atom is 0.270 e. The quantitative estimate of drug-likeness (QED) is 0.642. The van der Waals surface area contributed by atoms with Crippen molar-refractivity contribution in [3.05, 3.63) is 68.2 Å². The first kappa shape index (κ1) is 16.6. The summed E-state index contributed by atoms with van der Waals surface area (Å²) in [6, 6.07) is 12.5. The second kappa shape index (κ2) is 7.11. The summed E-state index contributed by atoms with van der Waals surface area (Å²) in [4.78, 5) is 24.6. The second-order valence-corrected chi connectivity index (χ2v) is 6.55. The Balaban J connectivity index is 1.61. The lowest BCUT2D eigenvalue weighted by Gasteiger charge is -2.28. The van der Waals surface area contributed by atoms with E-state index in [1.54, 1.807) is 0 Å². The van der Waals surface area contributed by atoms with Crippen LogP contribution in [0.2, 0.25) is 0 Å². The number of carbonyl (C=O) groups is 1. The van der Waals surface area contributed by atoms with Crippen LogP contribution in [-0.4, -0.2) is 28.8 Å². The van der Waals surface area contributed by atoms with Crippen LogP contribution >= 0.6 is 15.9 Å². The Morgan fingerprint density at radius 2 is 2.00 bits per heavy atom. The van der Waals surface area contributed by atoms with Gasteiger partial charge >= 0.3 is 0 Å². The molecule has 0 aliphatic carbocycles. The van der Waals surface area contributed by atoms with E-state index in [0.717, 1.165) is 19.5 Å². The Kier molecular flexibility index (Phi) is 4.92. The summed E-state index contributed by atoms with van der Waals surface area (Å²) in [5.74, 6) is -0.135. The van der Waals surface area contributed by atoms with Gasteiger partial charge in [-0.1, -0.05) is 24.3 Å². The van der Waals surface area contributed by atoms with Crippen LogP contribution in [-0.2, 0) is 17.8 Å². The van der Waals surface area contributed by atoms with Crippen molar-refractivity contribution in [3.63, 3.8) is 0 Å². The molecule has 0 saturated carbocycles. The average Bonchev–Trinajstić information content (AvgIpc) is 2.56. The second-order valence-electron chi connectivity index (χ2n) is 5.70. The molecule has 1 heterocycles. The number of nitro groups is 1. The Hall–Kier alpha value is -2.25. The minimum atomic E-state index is -0.471. The Morgan fingerprint density at radius 3 is 2.71 bits per heavy atom. The number of nitrogens with one attached hydrogen (secondary N) is 1. The van der Waals surface area contributed by atoms with Crippen LogP contribution in [0.3, 0.4) is 0 Å². The molecule has 0 bridgehead atoms. The molecule has 24 heavy (non-hydrogen) atoms. The summed E-state index contributed by atoms with van der Waals surface area (Å²) in [5.41, 5.74) is 3.11. The maximum absolute atomic E-state index is 12.3. The van der Waals surface area contributed by atoms with Crippen molar-refractivity contribution in [2.24, 2.45) is 0 Å². The SMILES string of the molecule is O=C(CN1CCc2ccccc2C1)Nc1ccc([N+](=O)[O-])cc1Br. The monoisotopic (exact) mass is 389 g/mol. The first-order valence-corrected chi connectivity index (χ1v) is 8.35. The highest BCUT2D eigenvalue weighted by molar-refractivity contribution is 9.10. The van der Waals surface area contributed by atoms with Gasteiger partial charge in [-0.15, -0.1) is 0 Å². The first-order chi connectivity index (χ1) is 11.5. The Labute approximate surface area is 147 Å². The average molecular weight is 390 g/mol. The lowest BCUT2D eigenvalue weighted by Crippen LogP contribution is -2.37. The molecule has 3 rings (SSSR count). The van der Waals surface area contributed by atoms with Crippen molar-refractivity contribution < 1.29 is 9.72 Å². The van der Waals surface area contributed by atoms with Gasteiger partial charge in [0.1, 0.15) is 0 Å². The van der Waals surface area contributed by atoms with Crippen LogP contribution in [0.5, 0.6) is 0 Å². The van der Waals surface area contributed by atoms with Crippen molar-refractivity contribution >= 4 is 33.2 Å². The molecular formula is C17H16BrN3O3. The number of carbonyl (C=O) groups excluding carboxylic acids is 1. The fraction of sp³-hybridized carbons (Fsp3) is 0.235. The molecule has 1 N–H and O–H groups in total. The highest BCUT2D eigenvalue weighted by atomic mass is 79.9. The van der Waals surface area contributed by atoms with E-state index >= 15 is 0 Å². The summed E-state index contributed by atoms with van der Waals surface area (Å²) in [7, 11) is 0. The van der Waals surface area contributed by atoms with E-state index in [0.29, 0.717) is 10.2 Å². The van der Waals surface area contributed by atoms with Gasteiger partial charge in [0.15, 0.2) is 0 Å². The molecule has 0 spiro atoms. The van der Waals surface area contributed by atoms with Crippen molar-refractivity contribution in [1.82, 2.24) is 4.90 Å². The first-order valence-electron chi connectivity index (χ1n) is 7.56. The van der Waals surface area contributed by atoms with E-state index in [1.807, 2.05) is 12.1 Å². The van der Waals surface area contributed by atoms with E-state index in [9.17, 15) is 14.9 Å². The lowest BCUT2D eigenvalue weighted by molar-refractivity contribution is -0.384. The fourth-order valence-electron chi connectivity index (χ4n) is 2.80. The predicted octanol–water partition coefficient (Wildman–Crippen LogP) is 3.35. The van der Waals surface area contributed by atoms with Crippen LogP contribution in [0, 0.1) is 10.1 Å². The summed E-state index contributed by atoms with van der Waals surface area (Å²) in [5, 5.41) is 13.5. The molecule has 0 saturated heterocycles. The fourth-order valence-corrected chi connectivity index (χ4v) is 3.27. The number of amides is 1. The number of nitro benzene ring substituents is 1. The van der Waals surface area contributed by atoms with Gasteiger partial charge in [0.25, 0.3) is 5.69 Å². The van der Waals surface area contributed by atoms with Crippen LogP contribution in [0.25, 0.3) is 0 Å². The molecule has 0 radical (unpaired) electrons. The topological polar surface area (TPSA) is 75.5 Å². The van der Waals surface area contributed by atoms with Crippen LogP contribution in [0.4, 0.5) is 11.4 Å². The van der Waals surface area contributed by atoms with E-state index < -0.39 is 4.92 Å². The van der Waals surface area contributed by atoms with Gasteiger partial charge in [-0.3, -0.25) is 19.8 Å². The summed E-state index contributed by atoms with van der Waals surface area (Å²) in [6.07, 6.45) is 0.935. The van der Waals surface area contributed by atoms with Gasteiger partial charge in [0.2, 0.25) is 5.91 Å². The summed E-state index contributed by atoms with van der Waals surface area (Å²) >= 11 is 3.26. The number of hydrogen-bond acceptors (Lipinski definition) is 4. The summed E-state index contributed by atoms with van der Waals surface area (Å²) < 4.78 is 0.494. The van der Waals surface area contributed by atoms with Gasteiger partial charge in [0, 0.05) is 29.7 Å². The van der Waals surface area contributed by atoms with Crippen molar-refractivity contribution in [3.8, 4) is 0 Å². The number of benzene rings is 2. The normalized spacial score (nSPS) is 14.0. The molecule has 124 valence electrons. The number of non-ortho nitro benzene ring substituents is 1. The molecule has 1 amide bonds. The molecule has 0 unspecified atom stereocenters. The smallest absolute Gasteiger partial charge is 0.270 e. The van der Waals surface area contributed by atoms with Gasteiger partial charge in [-0.25, -0.2) is 0 Å². The minimum absolute atomic E-state index is 0.0208. The van der Waals surface area contributed by atoms with Crippen molar-refractivity contribution in [2.75, 3.05) is 18.4 Å². The van der Waals surface area contributed by atoms with Crippen molar-refractivity contribution in [1.29, 1.82) is 0 Å². The van der Waals surface area contributed by atoms with Crippen LogP contribution < -0.4 is 5.32 Å². The number of anilines is 1. The maximum atomic E-state index is 12.3. The highest BCUT2D eigenvalue weighted by Crippen LogP contribution is 2.27. The number of hydrogen-bond donors (Lipinski definition) is 1. The zero-order valence-corrected chi connectivity index (χ0v) is 14.5. The Morgan fingerprint density at radius 1 is 1.25 bits per heavy atom. The molecule has 2 aromatic rings. The van der Waals surface area contributed by atoms with E-state index in [-0.39, 0.29) is 18.1 Å². The molecule has 1 aliphatic rings. The van der Waals surface area contributed by atoms with Gasteiger partial charge in [0.05, 0.1) is 17.2 Å². The number of rotatable bonds is 4. The van der Waals surface area contributed by atoms with Crippen LogP contribution in [0.1, 0.15) is 11.1 Å². The standard InChI is InChI=1S/C17H16BrN3O3/c18-15-9-14(21(23)24)5-6-16(15)19-17(22)11-20-8-7-12-3-1-2-4-13(12)10-20/h1-6,9H,7-8,10-11H2,(H,19,22). The van der Waals surface area contributed by atoms with E-state index in [2.05, 4.69) is 38.3 Å². The molecule has 7 heteroatoms. The minimum Gasteiger partial charge on any atom is -0.324 e. The lowest BCUT2D eigenvalue weighted by atomic mass is 10.00. The number of fused-ring (bicyclic) bond motifs is 1. The number of halogens is 1. The number of nitrogens with zero attached hydrogens (tertiary/aromatic N) is 2. The highest BCUT2D eigenvalue weighted by Gasteiger charge is 2.19. The zero-order valence-electron chi connectivity index (χ0n) is 12.9. The Bertz CT molecular complexity index is 794. The van der Waals surface area contributed by atoms with Gasteiger partial charge in [-0.05, 0) is 39.5 Å². The van der Waals surface area contributed by atoms with E-state index in [4.69, 9.17) is 0 Å². The third-order valence-corrected chi connectivity index (χ3v) is 4.67. The molecular weight excluding hydrogens is 374 g/mol. The van der Waals surface area contributed by atoms with Crippen molar-refractivity contribution in [2.45, 2.75) is 13.0 Å². The molecule has 6 nitrogen and oxygen atoms in total. The third-order valence-electron chi connectivity index (χ3n) is 4.01. The van der Waals surface area contributed by atoms with E-state index in [1.165, 1.54) is 29.3 Å². The molecule has 0 aromatic heterocycles. The molecule has 0 fully saturated rings. The van der Waals surface area contributed by atoms with Gasteiger partial charge in [-0.2, -0.15) is 0 Å².